The van der Waals surface area contributed by atoms with E-state index in [1.165, 1.54) is 24.3 Å². The van der Waals surface area contributed by atoms with Gasteiger partial charge in [0.2, 0.25) is 0 Å². The molecule has 1 aromatic rings. The summed E-state index contributed by atoms with van der Waals surface area (Å²) < 4.78 is 9.85. The molecule has 0 unspecified atom stereocenters. The molecule has 0 aliphatic heterocycles. The normalized spacial score (nSPS) is 10.6. The number of carbonyl (C=O) groups is 1. The first-order valence-corrected chi connectivity index (χ1v) is 7.37. The molecule has 0 spiro atoms. The lowest BCUT2D eigenvalue weighted by atomic mass is 10.2. The third-order valence-electron chi connectivity index (χ3n) is 2.89. The minimum atomic E-state index is -0.792. The molecule has 0 heterocycles. The van der Waals surface area contributed by atoms with Gasteiger partial charge in [0.15, 0.2) is 0 Å². The van der Waals surface area contributed by atoms with Gasteiger partial charge in [0.1, 0.15) is 5.75 Å². The van der Waals surface area contributed by atoms with Gasteiger partial charge in [-0.3, -0.25) is 10.1 Å². The molecule has 0 saturated carbocycles. The maximum absolute atomic E-state index is 11.4. The molecule has 0 N–H and O–H groups in total. The minimum Gasteiger partial charge on any atom is -0.434 e. The summed E-state index contributed by atoms with van der Waals surface area (Å²) in [7, 11) is 0. The molecule has 6 nitrogen and oxygen atoms in total. The van der Waals surface area contributed by atoms with Crippen LogP contribution in [0.4, 0.5) is 10.5 Å². The number of carbonyl (C=O) groups excluding carboxylic acids is 1. The third kappa shape index (κ3) is 7.42. The molecule has 0 aliphatic rings. The van der Waals surface area contributed by atoms with E-state index in [1.54, 1.807) is 0 Å². The van der Waals surface area contributed by atoms with Crippen molar-refractivity contribution in [1.82, 2.24) is 0 Å². The van der Waals surface area contributed by atoms with Crippen molar-refractivity contribution < 1.29 is 19.2 Å². The second-order valence-corrected chi connectivity index (χ2v) is 4.68. The van der Waals surface area contributed by atoms with E-state index in [9.17, 15) is 14.9 Å². The topological polar surface area (TPSA) is 78.7 Å². The average Bonchev–Trinajstić information content (AvgIpc) is 2.50. The smallest absolute Gasteiger partial charge is 0.434 e. The lowest BCUT2D eigenvalue weighted by Gasteiger charge is -2.05. The van der Waals surface area contributed by atoms with Gasteiger partial charge >= 0.3 is 6.16 Å². The molecule has 1 aromatic carbocycles. The maximum Gasteiger partial charge on any atom is 0.513 e. The number of nitro groups is 1. The van der Waals surface area contributed by atoms with Gasteiger partial charge in [0.05, 0.1) is 11.5 Å². The summed E-state index contributed by atoms with van der Waals surface area (Å²) in [6, 6.07) is 5.26. The van der Waals surface area contributed by atoms with Crippen LogP contribution >= 0.6 is 0 Å². The number of allylic oxidation sites excluding steroid dienone is 2. The molecule has 22 heavy (non-hydrogen) atoms. The second kappa shape index (κ2) is 10.4. The molecule has 0 atom stereocenters. The van der Waals surface area contributed by atoms with Gasteiger partial charge < -0.3 is 9.47 Å². The zero-order valence-electron chi connectivity index (χ0n) is 12.7. The van der Waals surface area contributed by atoms with Gasteiger partial charge in [-0.05, 0) is 44.2 Å². The summed E-state index contributed by atoms with van der Waals surface area (Å²) in [5, 5.41) is 10.5. The first-order chi connectivity index (χ1) is 10.6. The number of hydrogen-bond donors (Lipinski definition) is 0. The lowest BCUT2D eigenvalue weighted by Crippen LogP contribution is -2.11. The predicted molar refractivity (Wildman–Crippen MR) is 83.0 cm³/mol. The van der Waals surface area contributed by atoms with Gasteiger partial charge in [-0.25, -0.2) is 4.79 Å². The Labute approximate surface area is 129 Å². The maximum atomic E-state index is 11.4. The highest BCUT2D eigenvalue weighted by Gasteiger charge is 2.08. The van der Waals surface area contributed by atoms with Crippen LogP contribution in [0.25, 0.3) is 0 Å². The fourth-order valence-corrected chi connectivity index (χ4v) is 1.74. The van der Waals surface area contributed by atoms with Crippen molar-refractivity contribution in [3.63, 3.8) is 0 Å². The highest BCUT2D eigenvalue weighted by molar-refractivity contribution is 5.63. The first kappa shape index (κ1) is 17.7. The van der Waals surface area contributed by atoms with Gasteiger partial charge in [-0.15, -0.1) is 0 Å². The molecule has 0 fully saturated rings. The summed E-state index contributed by atoms with van der Waals surface area (Å²) in [5.41, 5.74) is -0.0576. The number of nitro benzene ring substituents is 1. The van der Waals surface area contributed by atoms with E-state index in [1.807, 2.05) is 0 Å². The van der Waals surface area contributed by atoms with Crippen molar-refractivity contribution in [2.45, 2.75) is 39.0 Å². The highest BCUT2D eigenvalue weighted by atomic mass is 16.7. The van der Waals surface area contributed by atoms with Crippen LogP contribution in [-0.2, 0) is 4.74 Å². The van der Waals surface area contributed by atoms with E-state index in [2.05, 4.69) is 19.1 Å². The minimum absolute atomic E-state index is 0.0576. The molecule has 6 heteroatoms. The van der Waals surface area contributed by atoms with Crippen molar-refractivity contribution in [3.05, 3.63) is 46.5 Å². The van der Waals surface area contributed by atoms with Crippen LogP contribution in [0.2, 0.25) is 0 Å². The first-order valence-electron chi connectivity index (χ1n) is 7.37. The van der Waals surface area contributed by atoms with E-state index < -0.39 is 11.1 Å². The van der Waals surface area contributed by atoms with Crippen LogP contribution < -0.4 is 4.74 Å². The van der Waals surface area contributed by atoms with Crippen LogP contribution in [0.15, 0.2) is 36.4 Å². The summed E-state index contributed by atoms with van der Waals surface area (Å²) in [4.78, 5) is 21.4. The Balaban J connectivity index is 2.15. The van der Waals surface area contributed by atoms with Crippen LogP contribution in [0.3, 0.4) is 0 Å². The van der Waals surface area contributed by atoms with Crippen molar-refractivity contribution in [2.24, 2.45) is 0 Å². The molecule has 0 aromatic heterocycles. The van der Waals surface area contributed by atoms with E-state index in [0.717, 1.165) is 32.1 Å². The quantitative estimate of drug-likeness (QED) is 0.166. The molecule has 0 radical (unpaired) electrons. The Bertz CT molecular complexity index is 496. The Morgan fingerprint density at radius 1 is 1.18 bits per heavy atom. The molecular formula is C16H21NO5. The number of benzene rings is 1. The Morgan fingerprint density at radius 3 is 2.55 bits per heavy atom. The van der Waals surface area contributed by atoms with Crippen LogP contribution in [0, 0.1) is 10.1 Å². The summed E-state index contributed by atoms with van der Waals surface area (Å²) in [5.74, 6) is 0.223. The summed E-state index contributed by atoms with van der Waals surface area (Å²) >= 11 is 0. The molecule has 0 bridgehead atoms. The molecule has 0 saturated heterocycles. The van der Waals surface area contributed by atoms with Crippen molar-refractivity contribution in [3.8, 4) is 5.75 Å². The van der Waals surface area contributed by atoms with E-state index in [0.29, 0.717) is 6.61 Å². The van der Waals surface area contributed by atoms with Crippen LogP contribution in [-0.4, -0.2) is 17.7 Å². The number of nitrogens with zero attached hydrogens (tertiary/aromatic N) is 1. The molecule has 1 rings (SSSR count). The third-order valence-corrected chi connectivity index (χ3v) is 2.89. The number of unbranched alkanes of at least 4 members (excludes halogenated alkanes) is 3. The Morgan fingerprint density at radius 2 is 1.91 bits per heavy atom. The summed E-state index contributed by atoms with van der Waals surface area (Å²) in [6.45, 7) is 2.41. The standard InChI is InChI=1S/C16H21NO5/c1-2-3-4-5-6-7-8-13-21-16(18)22-15-11-9-14(10-12-15)17(19)20/h3-4,9-12H,2,5-8,13H2,1H3/b4-3-. The average molecular weight is 307 g/mol. The second-order valence-electron chi connectivity index (χ2n) is 4.68. The Kier molecular flexibility index (Phi) is 8.33. The van der Waals surface area contributed by atoms with E-state index in [4.69, 9.17) is 9.47 Å². The largest absolute Gasteiger partial charge is 0.513 e. The molecular weight excluding hydrogens is 286 g/mol. The van der Waals surface area contributed by atoms with Gasteiger partial charge in [0.25, 0.3) is 5.69 Å². The van der Waals surface area contributed by atoms with E-state index >= 15 is 0 Å². The highest BCUT2D eigenvalue weighted by Crippen LogP contribution is 2.17. The summed E-state index contributed by atoms with van der Waals surface area (Å²) in [6.07, 6.45) is 8.44. The number of non-ortho nitro benzene ring substituents is 1. The van der Waals surface area contributed by atoms with E-state index in [-0.39, 0.29) is 11.4 Å². The Hall–Kier alpha value is -2.37. The fourth-order valence-electron chi connectivity index (χ4n) is 1.74. The van der Waals surface area contributed by atoms with Crippen molar-refractivity contribution >= 4 is 11.8 Å². The molecule has 120 valence electrons. The van der Waals surface area contributed by atoms with Crippen molar-refractivity contribution in [1.29, 1.82) is 0 Å². The van der Waals surface area contributed by atoms with Crippen LogP contribution in [0.1, 0.15) is 39.0 Å². The van der Waals surface area contributed by atoms with Gasteiger partial charge in [-0.1, -0.05) is 19.1 Å². The van der Waals surface area contributed by atoms with Crippen LogP contribution in [0.5, 0.6) is 5.75 Å². The predicted octanol–water partition coefficient (Wildman–Crippen LogP) is 4.64. The molecule has 0 amide bonds. The lowest BCUT2D eigenvalue weighted by molar-refractivity contribution is -0.384. The zero-order valence-corrected chi connectivity index (χ0v) is 12.7. The number of ether oxygens (including phenoxy) is 2. The van der Waals surface area contributed by atoms with Crippen molar-refractivity contribution in [2.75, 3.05) is 6.61 Å². The monoisotopic (exact) mass is 307 g/mol. The van der Waals surface area contributed by atoms with Gasteiger partial charge in [-0.2, -0.15) is 0 Å². The zero-order chi connectivity index (χ0) is 16.2. The number of hydrogen-bond acceptors (Lipinski definition) is 5. The fraction of sp³-hybridized carbons (Fsp3) is 0.438. The van der Waals surface area contributed by atoms with Gasteiger partial charge in [0, 0.05) is 12.1 Å². The molecule has 0 aliphatic carbocycles. The number of rotatable bonds is 9. The SMILES string of the molecule is CC/C=C\CCCCCOC(=O)Oc1ccc([N+](=O)[O-])cc1.